The lowest BCUT2D eigenvalue weighted by Crippen LogP contribution is -2.50. The summed E-state index contributed by atoms with van der Waals surface area (Å²) in [6.07, 6.45) is 4.97. The van der Waals surface area contributed by atoms with Crippen molar-refractivity contribution in [2.75, 3.05) is 21.8 Å². The molecule has 3 amide bonds. The van der Waals surface area contributed by atoms with E-state index in [2.05, 4.69) is 15.3 Å². The fraction of sp³-hybridized carbons (Fsp3) is 0.0926. The molecule has 0 spiro atoms. The highest BCUT2D eigenvalue weighted by Crippen LogP contribution is 2.33. The number of imidazole rings is 2. The molecule has 4 aromatic carbocycles. The van der Waals surface area contributed by atoms with Crippen LogP contribution >= 0.6 is 0 Å². The van der Waals surface area contributed by atoms with Gasteiger partial charge in [-0.1, -0.05) is 48.5 Å². The van der Waals surface area contributed by atoms with E-state index in [1.807, 2.05) is 132 Å². The van der Waals surface area contributed by atoms with Gasteiger partial charge in [-0.15, -0.1) is 0 Å². The summed E-state index contributed by atoms with van der Waals surface area (Å²) < 4.78 is 3.86. The van der Waals surface area contributed by atoms with Gasteiger partial charge in [0.1, 0.15) is 22.7 Å². The fourth-order valence-electron chi connectivity index (χ4n) is 8.42. The van der Waals surface area contributed by atoms with E-state index in [-0.39, 0.29) is 30.3 Å². The Kier molecular flexibility index (Phi) is 11.8. The first-order valence-corrected chi connectivity index (χ1v) is 22.4. The van der Waals surface area contributed by atoms with Gasteiger partial charge in [0.25, 0.3) is 5.91 Å². The van der Waals surface area contributed by atoms with Crippen molar-refractivity contribution in [1.29, 1.82) is 0 Å². The highest BCUT2D eigenvalue weighted by molar-refractivity contribution is 6.03. The third kappa shape index (κ3) is 8.75. The Hall–Kier alpha value is -9.57. The lowest BCUT2D eigenvalue weighted by atomic mass is 10.1. The first-order chi connectivity index (χ1) is 34.0. The molecule has 0 atom stereocenters. The number of anilines is 4. The molecule has 0 unspecified atom stereocenters. The van der Waals surface area contributed by atoms with Crippen LogP contribution in [0.4, 0.5) is 23.0 Å². The molecule has 0 aliphatic carbocycles. The van der Waals surface area contributed by atoms with Crippen LogP contribution in [-0.4, -0.2) is 61.8 Å². The lowest BCUT2D eigenvalue weighted by molar-refractivity contribution is -0.120. The summed E-state index contributed by atoms with van der Waals surface area (Å²) in [7, 11) is 0. The molecule has 0 bridgehead atoms. The van der Waals surface area contributed by atoms with Gasteiger partial charge in [0.15, 0.2) is 22.9 Å². The molecule has 6 heterocycles. The first kappa shape index (κ1) is 44.3. The smallest absolute Gasteiger partial charge is 0.273 e. The quantitative estimate of drug-likeness (QED) is 0.104. The molecule has 6 aromatic heterocycles. The maximum Gasteiger partial charge on any atom is 0.273 e. The number of amides is 3. The maximum absolute atomic E-state index is 15.1. The number of nitrogens with zero attached hydrogens (tertiary/aromatic N) is 10. The standard InChI is InChI=1S/C54H45N13O3/c1-33-28-46-52(59-31-33)65(51(63-46)44-15-9-27-58-49(44)56)40-21-17-36(18-22-40)29-47(69)67(42-12-5-4-6-13-42)64(54(70)38-10-7-11-39(30-38)61-35(3)68)32-37-19-23-41(24-20-37)66-50(43-14-8-26-57-48(43)55)62-45-25-16-34(2)60-53(45)66/h4-28,30-31H,29,32H2,1-3H3,(H2,55,57)(H2,56,58)(H,61,68). The number of benzene rings is 4. The summed E-state index contributed by atoms with van der Waals surface area (Å²) in [5.41, 5.74) is 22.5. The van der Waals surface area contributed by atoms with Crippen molar-refractivity contribution in [3.05, 3.63) is 192 Å². The normalized spacial score (nSPS) is 11.2. The van der Waals surface area contributed by atoms with Crippen LogP contribution in [0.25, 0.3) is 56.5 Å². The van der Waals surface area contributed by atoms with Crippen LogP contribution in [0.5, 0.6) is 0 Å². The largest absolute Gasteiger partial charge is 0.383 e. The third-order valence-corrected chi connectivity index (χ3v) is 11.7. The summed E-state index contributed by atoms with van der Waals surface area (Å²) in [6, 6.07) is 44.0. The second-order valence-corrected chi connectivity index (χ2v) is 16.7. The summed E-state index contributed by atoms with van der Waals surface area (Å²) >= 11 is 0. The fourth-order valence-corrected chi connectivity index (χ4v) is 8.42. The monoisotopic (exact) mass is 923 g/mol. The molecule has 10 rings (SSSR count). The topological polar surface area (TPSA) is 209 Å². The van der Waals surface area contributed by atoms with Gasteiger partial charge in [-0.05, 0) is 128 Å². The number of hydrogen-bond donors (Lipinski definition) is 3. The second kappa shape index (κ2) is 18.6. The summed E-state index contributed by atoms with van der Waals surface area (Å²) in [4.78, 5) is 70.2. The van der Waals surface area contributed by atoms with E-state index >= 15 is 9.59 Å². The highest BCUT2D eigenvalue weighted by atomic mass is 16.2. The van der Waals surface area contributed by atoms with Gasteiger partial charge in [-0.2, -0.15) is 0 Å². The number of rotatable bonds is 11. The number of hydrazine groups is 1. The first-order valence-electron chi connectivity index (χ1n) is 22.4. The number of nitrogens with two attached hydrogens (primary N) is 2. The molecule has 0 saturated heterocycles. The van der Waals surface area contributed by atoms with Crippen LogP contribution in [0.15, 0.2) is 164 Å². The van der Waals surface area contributed by atoms with Crippen molar-refractivity contribution in [3.63, 3.8) is 0 Å². The van der Waals surface area contributed by atoms with E-state index in [1.165, 1.54) is 16.9 Å². The van der Waals surface area contributed by atoms with Crippen LogP contribution in [0.1, 0.15) is 39.7 Å². The minimum absolute atomic E-state index is 0.0199. The molecule has 16 nitrogen and oxygen atoms in total. The molecule has 344 valence electrons. The average Bonchev–Trinajstić information content (AvgIpc) is 3.92. The van der Waals surface area contributed by atoms with Crippen molar-refractivity contribution in [2.24, 2.45) is 0 Å². The van der Waals surface area contributed by atoms with Crippen molar-refractivity contribution in [1.82, 2.24) is 44.0 Å². The van der Waals surface area contributed by atoms with E-state index < -0.39 is 5.91 Å². The number of fused-ring (bicyclic) bond motifs is 2. The van der Waals surface area contributed by atoms with Gasteiger partial charge < -0.3 is 16.8 Å². The number of hydrogen-bond acceptors (Lipinski definition) is 11. The Morgan fingerprint density at radius 2 is 1.24 bits per heavy atom. The Bertz CT molecular complexity index is 3610. The molecule has 0 fully saturated rings. The number of carbonyl (C=O) groups is 3. The number of aromatic nitrogens is 8. The number of nitrogen functional groups attached to an aromatic ring is 2. The molecule has 10 aromatic rings. The minimum Gasteiger partial charge on any atom is -0.383 e. The summed E-state index contributed by atoms with van der Waals surface area (Å²) in [5, 5.41) is 5.63. The average molecular weight is 924 g/mol. The van der Waals surface area contributed by atoms with Crippen molar-refractivity contribution < 1.29 is 14.4 Å². The molecule has 0 aliphatic rings. The summed E-state index contributed by atoms with van der Waals surface area (Å²) in [6.45, 7) is 5.26. The number of carbonyl (C=O) groups excluding carboxylic acids is 3. The third-order valence-electron chi connectivity index (χ3n) is 11.7. The molecule has 16 heteroatoms. The predicted octanol–water partition coefficient (Wildman–Crippen LogP) is 8.85. The van der Waals surface area contributed by atoms with Gasteiger partial charge in [0.2, 0.25) is 11.8 Å². The Balaban J connectivity index is 1.02. The van der Waals surface area contributed by atoms with E-state index in [4.69, 9.17) is 31.4 Å². The SMILES string of the molecule is CC(=O)Nc1cccc(C(=O)N(Cc2ccc(-n3c(-c4cccnc4N)nc4ccc(C)nc43)cc2)N(C(=O)Cc2ccc(-n3c(-c4cccnc4N)nc4cc(C)cnc43)cc2)c2ccccc2)c1. The molecule has 0 saturated carbocycles. The molecule has 70 heavy (non-hydrogen) atoms. The summed E-state index contributed by atoms with van der Waals surface area (Å²) in [5.74, 6) is 0.660. The van der Waals surface area contributed by atoms with Crippen LogP contribution in [0.3, 0.4) is 0 Å². The second-order valence-electron chi connectivity index (χ2n) is 16.7. The zero-order valence-corrected chi connectivity index (χ0v) is 38.4. The van der Waals surface area contributed by atoms with E-state index in [0.29, 0.717) is 79.2 Å². The van der Waals surface area contributed by atoms with E-state index in [9.17, 15) is 4.79 Å². The van der Waals surface area contributed by atoms with Crippen LogP contribution in [0.2, 0.25) is 0 Å². The van der Waals surface area contributed by atoms with Gasteiger partial charge in [0.05, 0.1) is 29.8 Å². The molecule has 0 radical (unpaired) electrons. The van der Waals surface area contributed by atoms with Gasteiger partial charge in [-0.25, -0.2) is 39.9 Å². The van der Waals surface area contributed by atoms with Crippen molar-refractivity contribution in [3.8, 4) is 34.2 Å². The predicted molar refractivity (Wildman–Crippen MR) is 271 cm³/mol. The maximum atomic E-state index is 15.1. The Labute approximate surface area is 401 Å². The Morgan fingerprint density at radius 1 is 0.614 bits per heavy atom. The van der Waals surface area contributed by atoms with Gasteiger partial charge >= 0.3 is 0 Å². The van der Waals surface area contributed by atoms with Crippen molar-refractivity contribution in [2.45, 2.75) is 33.7 Å². The minimum atomic E-state index is -0.477. The van der Waals surface area contributed by atoms with Gasteiger partial charge in [0, 0.05) is 53.8 Å². The van der Waals surface area contributed by atoms with Crippen LogP contribution in [0, 0.1) is 13.8 Å². The number of para-hydroxylation sites is 1. The zero-order valence-electron chi connectivity index (χ0n) is 38.4. The molecule has 0 aliphatic heterocycles. The van der Waals surface area contributed by atoms with Crippen LogP contribution in [-0.2, 0) is 22.6 Å². The molecule has 5 N–H and O–H groups in total. The highest BCUT2D eigenvalue weighted by Gasteiger charge is 2.30. The lowest BCUT2D eigenvalue weighted by Gasteiger charge is -2.35. The van der Waals surface area contributed by atoms with E-state index in [0.717, 1.165) is 22.6 Å². The zero-order chi connectivity index (χ0) is 48.5. The van der Waals surface area contributed by atoms with Crippen LogP contribution < -0.4 is 21.8 Å². The molecular weight excluding hydrogens is 879 g/mol. The number of aryl methyl sites for hydroxylation is 2. The molecular formula is C54H45N13O3. The van der Waals surface area contributed by atoms with E-state index in [1.54, 1.807) is 55.0 Å². The van der Waals surface area contributed by atoms with Gasteiger partial charge in [-0.3, -0.25) is 23.5 Å². The van der Waals surface area contributed by atoms with Crippen molar-refractivity contribution >= 4 is 63.1 Å². The number of nitrogens with one attached hydrogen (secondary N) is 1. The Morgan fingerprint density at radius 3 is 1.89 bits per heavy atom. The number of pyridine rings is 4.